The van der Waals surface area contributed by atoms with Crippen molar-refractivity contribution in [1.82, 2.24) is 5.32 Å². The van der Waals surface area contributed by atoms with E-state index in [9.17, 15) is 0 Å². The number of anilines is 1. The van der Waals surface area contributed by atoms with E-state index in [1.807, 2.05) is 25.1 Å². The number of halogens is 1. The molecule has 0 aliphatic carbocycles. The first-order chi connectivity index (χ1) is 7.56. The second-order valence-electron chi connectivity index (χ2n) is 4.28. The van der Waals surface area contributed by atoms with Crippen molar-refractivity contribution in [2.75, 3.05) is 25.5 Å². The van der Waals surface area contributed by atoms with Crippen LogP contribution in [0.5, 0.6) is 0 Å². The van der Waals surface area contributed by atoms with Crippen LogP contribution < -0.4 is 10.2 Å². The van der Waals surface area contributed by atoms with Crippen LogP contribution in [0, 0.1) is 0 Å². The molecule has 0 saturated carbocycles. The molecule has 0 bridgehead atoms. The van der Waals surface area contributed by atoms with Gasteiger partial charge in [0.2, 0.25) is 0 Å². The summed E-state index contributed by atoms with van der Waals surface area (Å²) in [4.78, 5) is 2.02. The molecule has 1 aromatic rings. The summed E-state index contributed by atoms with van der Waals surface area (Å²) >= 11 is 6.23. The summed E-state index contributed by atoms with van der Waals surface area (Å²) in [5.74, 6) is 0. The van der Waals surface area contributed by atoms with Gasteiger partial charge in [-0.3, -0.25) is 0 Å². The van der Waals surface area contributed by atoms with E-state index < -0.39 is 0 Å². The molecule has 0 aromatic heterocycles. The third kappa shape index (κ3) is 3.39. The van der Waals surface area contributed by atoms with Crippen LogP contribution in [-0.4, -0.2) is 20.6 Å². The van der Waals surface area contributed by atoms with Crippen molar-refractivity contribution in [3.05, 3.63) is 28.8 Å². The van der Waals surface area contributed by atoms with Gasteiger partial charge in [-0.2, -0.15) is 0 Å². The largest absolute Gasteiger partial charge is 0.376 e. The standard InChI is InChI=1S/C13H21ClN2/c1-5-8-15-10(2)11-6-7-13(16(3)4)12(14)9-11/h6-7,9-10,15H,5,8H2,1-4H3. The zero-order valence-corrected chi connectivity index (χ0v) is 11.3. The van der Waals surface area contributed by atoms with Gasteiger partial charge in [-0.1, -0.05) is 24.6 Å². The maximum Gasteiger partial charge on any atom is 0.0642 e. The smallest absolute Gasteiger partial charge is 0.0642 e. The van der Waals surface area contributed by atoms with Gasteiger partial charge >= 0.3 is 0 Å². The van der Waals surface area contributed by atoms with Gasteiger partial charge < -0.3 is 10.2 Å². The Kier molecular flexibility index (Phi) is 5.10. The zero-order valence-electron chi connectivity index (χ0n) is 10.5. The van der Waals surface area contributed by atoms with E-state index in [2.05, 4.69) is 31.3 Å². The minimum Gasteiger partial charge on any atom is -0.376 e. The third-order valence-corrected chi connectivity index (χ3v) is 2.96. The highest BCUT2D eigenvalue weighted by atomic mass is 35.5. The fourth-order valence-electron chi connectivity index (χ4n) is 1.63. The monoisotopic (exact) mass is 240 g/mol. The summed E-state index contributed by atoms with van der Waals surface area (Å²) in [6.07, 6.45) is 1.15. The Balaban J connectivity index is 2.80. The Morgan fingerprint density at radius 1 is 1.38 bits per heavy atom. The molecule has 1 aromatic carbocycles. The summed E-state index contributed by atoms with van der Waals surface area (Å²) in [5, 5.41) is 4.26. The predicted molar refractivity (Wildman–Crippen MR) is 72.5 cm³/mol. The third-order valence-electron chi connectivity index (χ3n) is 2.65. The van der Waals surface area contributed by atoms with E-state index in [1.165, 1.54) is 5.56 Å². The van der Waals surface area contributed by atoms with Gasteiger partial charge in [-0.25, -0.2) is 0 Å². The van der Waals surface area contributed by atoms with Crippen molar-refractivity contribution < 1.29 is 0 Å². The maximum absolute atomic E-state index is 6.23. The summed E-state index contributed by atoms with van der Waals surface area (Å²) in [5.41, 5.74) is 2.30. The second-order valence-corrected chi connectivity index (χ2v) is 4.69. The van der Waals surface area contributed by atoms with Gasteiger partial charge in [0.25, 0.3) is 0 Å². The first-order valence-electron chi connectivity index (χ1n) is 5.76. The van der Waals surface area contributed by atoms with E-state index >= 15 is 0 Å². The van der Waals surface area contributed by atoms with E-state index in [-0.39, 0.29) is 0 Å². The fourth-order valence-corrected chi connectivity index (χ4v) is 1.99. The molecular formula is C13H21ClN2. The molecule has 0 heterocycles. The Morgan fingerprint density at radius 3 is 2.56 bits per heavy atom. The molecule has 16 heavy (non-hydrogen) atoms. The average molecular weight is 241 g/mol. The lowest BCUT2D eigenvalue weighted by Crippen LogP contribution is -2.19. The van der Waals surface area contributed by atoms with Gasteiger partial charge in [0.05, 0.1) is 10.7 Å². The lowest BCUT2D eigenvalue weighted by molar-refractivity contribution is 0.571. The highest BCUT2D eigenvalue weighted by Gasteiger charge is 2.08. The number of nitrogens with zero attached hydrogens (tertiary/aromatic N) is 1. The van der Waals surface area contributed by atoms with Crippen molar-refractivity contribution in [2.45, 2.75) is 26.3 Å². The van der Waals surface area contributed by atoms with Gasteiger partial charge in [0.1, 0.15) is 0 Å². The minimum absolute atomic E-state index is 0.355. The topological polar surface area (TPSA) is 15.3 Å². The lowest BCUT2D eigenvalue weighted by Gasteiger charge is -2.18. The molecular weight excluding hydrogens is 220 g/mol. The van der Waals surface area contributed by atoms with Crippen LogP contribution in [-0.2, 0) is 0 Å². The van der Waals surface area contributed by atoms with Crippen molar-refractivity contribution in [1.29, 1.82) is 0 Å². The Bertz CT molecular complexity index is 337. The highest BCUT2D eigenvalue weighted by molar-refractivity contribution is 6.33. The van der Waals surface area contributed by atoms with Gasteiger partial charge in [0, 0.05) is 20.1 Å². The zero-order chi connectivity index (χ0) is 12.1. The van der Waals surface area contributed by atoms with E-state index in [0.717, 1.165) is 23.7 Å². The van der Waals surface area contributed by atoms with E-state index in [1.54, 1.807) is 0 Å². The summed E-state index contributed by atoms with van der Waals surface area (Å²) < 4.78 is 0. The molecule has 0 amide bonds. The van der Waals surface area contributed by atoms with Crippen molar-refractivity contribution >= 4 is 17.3 Å². The number of benzene rings is 1. The quantitative estimate of drug-likeness (QED) is 0.848. The van der Waals surface area contributed by atoms with Crippen LogP contribution in [0.15, 0.2) is 18.2 Å². The minimum atomic E-state index is 0.355. The average Bonchev–Trinajstić information content (AvgIpc) is 2.25. The maximum atomic E-state index is 6.23. The molecule has 0 aliphatic rings. The first-order valence-corrected chi connectivity index (χ1v) is 6.14. The molecule has 1 rings (SSSR count). The second kappa shape index (κ2) is 6.12. The molecule has 3 heteroatoms. The van der Waals surface area contributed by atoms with E-state index in [4.69, 9.17) is 11.6 Å². The molecule has 1 atom stereocenters. The molecule has 0 aliphatic heterocycles. The van der Waals surface area contributed by atoms with Crippen LogP contribution in [0.2, 0.25) is 5.02 Å². The van der Waals surface area contributed by atoms with Crippen molar-refractivity contribution in [3.63, 3.8) is 0 Å². The fraction of sp³-hybridized carbons (Fsp3) is 0.538. The summed E-state index contributed by atoms with van der Waals surface area (Å²) in [7, 11) is 4.00. The first kappa shape index (κ1) is 13.3. The Labute approximate surface area is 104 Å². The number of hydrogen-bond donors (Lipinski definition) is 1. The predicted octanol–water partition coefficient (Wildman–Crippen LogP) is 3.47. The summed E-state index contributed by atoms with van der Waals surface area (Å²) in [6, 6.07) is 6.61. The SMILES string of the molecule is CCCNC(C)c1ccc(N(C)C)c(Cl)c1. The van der Waals surface area contributed by atoms with Gasteiger partial charge in [-0.15, -0.1) is 0 Å². The van der Waals surface area contributed by atoms with Crippen LogP contribution in [0.1, 0.15) is 31.9 Å². The van der Waals surface area contributed by atoms with Crippen LogP contribution in [0.3, 0.4) is 0 Å². The van der Waals surface area contributed by atoms with Crippen LogP contribution in [0.4, 0.5) is 5.69 Å². The highest BCUT2D eigenvalue weighted by Crippen LogP contribution is 2.27. The molecule has 1 N–H and O–H groups in total. The van der Waals surface area contributed by atoms with Crippen molar-refractivity contribution in [2.24, 2.45) is 0 Å². The Morgan fingerprint density at radius 2 is 2.06 bits per heavy atom. The molecule has 0 spiro atoms. The Hall–Kier alpha value is -0.730. The lowest BCUT2D eigenvalue weighted by atomic mass is 10.1. The van der Waals surface area contributed by atoms with Crippen molar-refractivity contribution in [3.8, 4) is 0 Å². The molecule has 1 unspecified atom stereocenters. The molecule has 0 fully saturated rings. The van der Waals surface area contributed by atoms with Gasteiger partial charge in [-0.05, 0) is 37.6 Å². The number of hydrogen-bond acceptors (Lipinski definition) is 2. The normalized spacial score (nSPS) is 12.6. The van der Waals surface area contributed by atoms with E-state index in [0.29, 0.717) is 6.04 Å². The molecule has 0 saturated heterocycles. The molecule has 90 valence electrons. The number of rotatable bonds is 5. The van der Waals surface area contributed by atoms with Crippen LogP contribution >= 0.6 is 11.6 Å². The number of nitrogens with one attached hydrogen (secondary N) is 1. The summed E-state index contributed by atoms with van der Waals surface area (Å²) in [6.45, 7) is 5.37. The van der Waals surface area contributed by atoms with Gasteiger partial charge in [0.15, 0.2) is 0 Å². The molecule has 2 nitrogen and oxygen atoms in total. The van der Waals surface area contributed by atoms with Crippen LogP contribution in [0.25, 0.3) is 0 Å². The molecule has 0 radical (unpaired) electrons.